The van der Waals surface area contributed by atoms with Crippen LogP contribution in [0.1, 0.15) is 10.4 Å². The van der Waals surface area contributed by atoms with Crippen molar-refractivity contribution in [3.63, 3.8) is 0 Å². The topological polar surface area (TPSA) is 79.0 Å². The van der Waals surface area contributed by atoms with Gasteiger partial charge in [0.1, 0.15) is 0 Å². The average molecular weight is 281 g/mol. The van der Waals surface area contributed by atoms with Crippen LogP contribution >= 0.6 is 0 Å². The fourth-order valence-corrected chi connectivity index (χ4v) is 1.92. The van der Waals surface area contributed by atoms with Crippen LogP contribution in [0, 0.1) is 0 Å². The van der Waals surface area contributed by atoms with Crippen molar-refractivity contribution in [3.05, 3.63) is 23.8 Å². The molecule has 0 aliphatic heterocycles. The number of aliphatic hydroxyl groups is 1. The molecule has 1 rings (SSSR count). The van der Waals surface area contributed by atoms with Gasteiger partial charge in [0.15, 0.2) is 0 Å². The van der Waals surface area contributed by atoms with Gasteiger partial charge in [-0.25, -0.2) is 0 Å². The second kappa shape index (κ2) is 7.72. The van der Waals surface area contributed by atoms with Crippen molar-refractivity contribution in [2.24, 2.45) is 0 Å². The molecule has 0 heterocycles. The summed E-state index contributed by atoms with van der Waals surface area (Å²) in [6.45, 7) is 1.03. The number of nitrogen functional groups attached to an aromatic ring is 1. The number of nitrogens with two attached hydrogens (primary N) is 1. The Hall–Kier alpha value is -1.79. The van der Waals surface area contributed by atoms with Gasteiger partial charge in [0.2, 0.25) is 0 Å². The monoisotopic (exact) mass is 281 g/mol. The number of ether oxygens (including phenoxy) is 1. The number of anilines is 2. The van der Waals surface area contributed by atoms with Gasteiger partial charge < -0.3 is 25.4 Å². The fourth-order valence-electron chi connectivity index (χ4n) is 1.92. The molecule has 20 heavy (non-hydrogen) atoms. The Morgan fingerprint density at radius 3 is 2.60 bits per heavy atom. The third-order valence-corrected chi connectivity index (χ3v) is 2.96. The fraction of sp³-hybridized carbons (Fsp3) is 0.500. The summed E-state index contributed by atoms with van der Waals surface area (Å²) in [6.07, 6.45) is 0. The number of rotatable bonds is 7. The number of hydrogen-bond donors (Lipinski definition) is 2. The molecular weight excluding hydrogens is 258 g/mol. The summed E-state index contributed by atoms with van der Waals surface area (Å²) in [5, 5.41) is 9.10. The van der Waals surface area contributed by atoms with E-state index in [4.69, 9.17) is 15.6 Å². The number of benzene rings is 1. The van der Waals surface area contributed by atoms with E-state index in [1.807, 2.05) is 25.1 Å². The first-order valence-corrected chi connectivity index (χ1v) is 6.47. The standard InChI is InChI=1S/C14H23N3O3/c1-16(2)13-5-4-11(15)10-12(13)14(19)17(6-8-18)7-9-20-3/h4-5,10,18H,6-9,15H2,1-3H3. The summed E-state index contributed by atoms with van der Waals surface area (Å²) in [6, 6.07) is 5.24. The lowest BCUT2D eigenvalue weighted by Gasteiger charge is -2.24. The molecule has 0 saturated carbocycles. The molecule has 0 saturated heterocycles. The van der Waals surface area contributed by atoms with Crippen molar-refractivity contribution in [1.82, 2.24) is 4.90 Å². The van der Waals surface area contributed by atoms with Crippen LogP contribution in [-0.2, 0) is 4.74 Å². The van der Waals surface area contributed by atoms with E-state index in [1.165, 1.54) is 0 Å². The average Bonchev–Trinajstić information content (AvgIpc) is 2.42. The number of carbonyl (C=O) groups is 1. The highest BCUT2D eigenvalue weighted by molar-refractivity contribution is 6.00. The molecule has 1 amide bonds. The van der Waals surface area contributed by atoms with Crippen molar-refractivity contribution in [3.8, 4) is 0 Å². The summed E-state index contributed by atoms with van der Waals surface area (Å²) < 4.78 is 5.00. The number of methoxy groups -OCH3 is 1. The highest BCUT2D eigenvalue weighted by atomic mass is 16.5. The SMILES string of the molecule is COCCN(CCO)C(=O)c1cc(N)ccc1N(C)C. The largest absolute Gasteiger partial charge is 0.399 e. The van der Waals surface area contributed by atoms with Gasteiger partial charge in [-0.1, -0.05) is 0 Å². The summed E-state index contributed by atoms with van der Waals surface area (Å²) in [4.78, 5) is 16.0. The Bertz CT molecular complexity index is 449. The molecule has 1 aromatic carbocycles. The van der Waals surface area contributed by atoms with Crippen molar-refractivity contribution in [1.29, 1.82) is 0 Å². The smallest absolute Gasteiger partial charge is 0.256 e. The van der Waals surface area contributed by atoms with Crippen molar-refractivity contribution < 1.29 is 14.6 Å². The van der Waals surface area contributed by atoms with Crippen LogP contribution in [0.15, 0.2) is 18.2 Å². The van der Waals surface area contributed by atoms with Crippen LogP contribution in [0.2, 0.25) is 0 Å². The molecule has 112 valence electrons. The molecule has 0 bridgehead atoms. The molecule has 3 N–H and O–H groups in total. The van der Waals surface area contributed by atoms with E-state index < -0.39 is 0 Å². The van der Waals surface area contributed by atoms with E-state index in [2.05, 4.69) is 0 Å². The molecule has 1 aromatic rings. The van der Waals surface area contributed by atoms with Crippen LogP contribution < -0.4 is 10.6 Å². The van der Waals surface area contributed by atoms with Crippen LogP contribution in [0.3, 0.4) is 0 Å². The minimum Gasteiger partial charge on any atom is -0.399 e. The Balaban J connectivity index is 3.06. The molecule has 0 aliphatic carbocycles. The zero-order valence-corrected chi connectivity index (χ0v) is 12.3. The van der Waals surface area contributed by atoms with Gasteiger partial charge in [-0.2, -0.15) is 0 Å². The number of carbonyl (C=O) groups excluding carboxylic acids is 1. The Labute approximate surface area is 119 Å². The van der Waals surface area contributed by atoms with Gasteiger partial charge in [-0.05, 0) is 18.2 Å². The zero-order chi connectivity index (χ0) is 15.1. The molecule has 0 spiro atoms. The summed E-state index contributed by atoms with van der Waals surface area (Å²) in [5.41, 5.74) is 7.64. The number of hydrogen-bond acceptors (Lipinski definition) is 5. The van der Waals surface area contributed by atoms with E-state index in [1.54, 1.807) is 24.1 Å². The summed E-state index contributed by atoms with van der Waals surface area (Å²) in [5.74, 6) is -0.160. The van der Waals surface area contributed by atoms with Crippen LogP contribution in [0.25, 0.3) is 0 Å². The molecule has 6 heteroatoms. The maximum atomic E-state index is 12.6. The molecular formula is C14H23N3O3. The maximum Gasteiger partial charge on any atom is 0.256 e. The van der Waals surface area contributed by atoms with Crippen LogP contribution in [0.4, 0.5) is 11.4 Å². The first-order valence-electron chi connectivity index (χ1n) is 6.47. The molecule has 6 nitrogen and oxygen atoms in total. The number of aliphatic hydroxyl groups excluding tert-OH is 1. The highest BCUT2D eigenvalue weighted by Gasteiger charge is 2.19. The van der Waals surface area contributed by atoms with Crippen LogP contribution in [-0.4, -0.2) is 63.4 Å². The second-order valence-corrected chi connectivity index (χ2v) is 4.68. The first-order chi connectivity index (χ1) is 9.51. The molecule has 0 aliphatic rings. The third-order valence-electron chi connectivity index (χ3n) is 2.96. The van der Waals surface area contributed by atoms with E-state index in [0.29, 0.717) is 24.4 Å². The van der Waals surface area contributed by atoms with Crippen molar-refractivity contribution in [2.75, 3.05) is 58.1 Å². The molecule has 0 fully saturated rings. The van der Waals surface area contributed by atoms with Crippen molar-refractivity contribution >= 4 is 17.3 Å². The third kappa shape index (κ3) is 4.11. The number of amides is 1. The Kier molecular flexibility index (Phi) is 6.27. The predicted octanol–water partition coefficient (Wildman–Crippen LogP) is 0.416. The lowest BCUT2D eigenvalue weighted by Crippen LogP contribution is -2.37. The predicted molar refractivity (Wildman–Crippen MR) is 80.0 cm³/mol. The summed E-state index contributed by atoms with van der Waals surface area (Å²) >= 11 is 0. The number of nitrogens with zero attached hydrogens (tertiary/aromatic N) is 2. The normalized spacial score (nSPS) is 10.4. The quantitative estimate of drug-likeness (QED) is 0.708. The Morgan fingerprint density at radius 1 is 1.35 bits per heavy atom. The van der Waals surface area contributed by atoms with Crippen LogP contribution in [0.5, 0.6) is 0 Å². The van der Waals surface area contributed by atoms with Gasteiger partial charge in [-0.3, -0.25) is 4.79 Å². The maximum absolute atomic E-state index is 12.6. The highest BCUT2D eigenvalue weighted by Crippen LogP contribution is 2.23. The molecule has 0 radical (unpaired) electrons. The first kappa shape index (κ1) is 16.3. The zero-order valence-electron chi connectivity index (χ0n) is 12.3. The summed E-state index contributed by atoms with van der Waals surface area (Å²) in [7, 11) is 5.31. The van der Waals surface area contributed by atoms with E-state index in [-0.39, 0.29) is 19.1 Å². The molecule has 0 atom stereocenters. The minimum atomic E-state index is -0.160. The van der Waals surface area contributed by atoms with Gasteiger partial charge in [0.25, 0.3) is 5.91 Å². The van der Waals surface area contributed by atoms with Gasteiger partial charge >= 0.3 is 0 Å². The van der Waals surface area contributed by atoms with Gasteiger partial charge in [-0.15, -0.1) is 0 Å². The minimum absolute atomic E-state index is 0.0882. The lowest BCUT2D eigenvalue weighted by atomic mass is 10.1. The van der Waals surface area contributed by atoms with E-state index in [9.17, 15) is 4.79 Å². The Morgan fingerprint density at radius 2 is 2.05 bits per heavy atom. The second-order valence-electron chi connectivity index (χ2n) is 4.68. The molecule has 0 aromatic heterocycles. The lowest BCUT2D eigenvalue weighted by molar-refractivity contribution is 0.0657. The molecule has 0 unspecified atom stereocenters. The van der Waals surface area contributed by atoms with E-state index in [0.717, 1.165) is 5.69 Å². The van der Waals surface area contributed by atoms with E-state index >= 15 is 0 Å². The van der Waals surface area contributed by atoms with Gasteiger partial charge in [0, 0.05) is 45.7 Å². The van der Waals surface area contributed by atoms with Crippen molar-refractivity contribution in [2.45, 2.75) is 0 Å². The van der Waals surface area contributed by atoms with Gasteiger partial charge in [0.05, 0.1) is 18.8 Å².